The van der Waals surface area contributed by atoms with E-state index in [1.807, 2.05) is 30.3 Å². The molecular weight excluding hydrogens is 277 g/mol. The van der Waals surface area contributed by atoms with E-state index in [-0.39, 0.29) is 6.04 Å². The second kappa shape index (κ2) is 6.95. The van der Waals surface area contributed by atoms with Crippen molar-refractivity contribution in [2.45, 2.75) is 19.4 Å². The Morgan fingerprint density at radius 3 is 2.37 bits per heavy atom. The van der Waals surface area contributed by atoms with Crippen LogP contribution in [-0.4, -0.2) is 6.54 Å². The summed E-state index contributed by atoms with van der Waals surface area (Å²) >= 11 is 12.0. The summed E-state index contributed by atoms with van der Waals surface area (Å²) in [6, 6.07) is 16.2. The number of benzene rings is 2. The summed E-state index contributed by atoms with van der Waals surface area (Å²) in [6.45, 7) is 3.04. The van der Waals surface area contributed by atoms with E-state index in [4.69, 9.17) is 23.2 Å². The maximum absolute atomic E-state index is 6.18. The van der Waals surface area contributed by atoms with E-state index in [9.17, 15) is 0 Å². The van der Waals surface area contributed by atoms with Crippen LogP contribution in [0.1, 0.15) is 24.1 Å². The highest BCUT2D eigenvalue weighted by molar-refractivity contribution is 6.31. The lowest BCUT2D eigenvalue weighted by Crippen LogP contribution is -2.21. The van der Waals surface area contributed by atoms with Crippen LogP contribution in [-0.2, 0) is 6.42 Å². The Kier molecular flexibility index (Phi) is 5.26. The fourth-order valence-corrected chi connectivity index (χ4v) is 2.45. The molecule has 0 saturated heterocycles. The topological polar surface area (TPSA) is 12.0 Å². The maximum atomic E-state index is 6.18. The molecule has 0 heterocycles. The lowest BCUT2D eigenvalue weighted by Gasteiger charge is -2.15. The third kappa shape index (κ3) is 4.24. The van der Waals surface area contributed by atoms with Crippen molar-refractivity contribution in [3.63, 3.8) is 0 Å². The van der Waals surface area contributed by atoms with E-state index in [1.54, 1.807) is 0 Å². The largest absolute Gasteiger partial charge is 0.310 e. The summed E-state index contributed by atoms with van der Waals surface area (Å²) in [5.74, 6) is 0. The van der Waals surface area contributed by atoms with Crippen molar-refractivity contribution in [2.24, 2.45) is 0 Å². The molecular formula is C16H17Cl2N. The highest BCUT2D eigenvalue weighted by atomic mass is 35.5. The molecule has 3 heteroatoms. The van der Waals surface area contributed by atoms with Gasteiger partial charge in [-0.15, -0.1) is 0 Å². The molecule has 1 N–H and O–H groups in total. The van der Waals surface area contributed by atoms with Crippen LogP contribution < -0.4 is 5.32 Å². The van der Waals surface area contributed by atoms with Crippen LogP contribution in [0.3, 0.4) is 0 Å². The number of halogens is 2. The molecule has 0 aliphatic rings. The lowest BCUT2D eigenvalue weighted by molar-refractivity contribution is 0.577. The molecule has 0 bridgehead atoms. The fourth-order valence-electron chi connectivity index (χ4n) is 2.02. The maximum Gasteiger partial charge on any atom is 0.0453 e. The second-order valence-corrected chi connectivity index (χ2v) is 5.42. The number of rotatable bonds is 5. The van der Waals surface area contributed by atoms with Crippen LogP contribution >= 0.6 is 23.2 Å². The quantitative estimate of drug-likeness (QED) is 0.828. The van der Waals surface area contributed by atoms with Gasteiger partial charge in [-0.1, -0.05) is 53.5 Å². The van der Waals surface area contributed by atoms with Crippen molar-refractivity contribution in [1.82, 2.24) is 5.32 Å². The first-order valence-corrected chi connectivity index (χ1v) is 7.14. The van der Waals surface area contributed by atoms with Crippen LogP contribution in [0, 0.1) is 0 Å². The van der Waals surface area contributed by atoms with Gasteiger partial charge in [-0.05, 0) is 49.2 Å². The number of hydrogen-bond acceptors (Lipinski definition) is 1. The first-order valence-electron chi connectivity index (χ1n) is 6.39. The van der Waals surface area contributed by atoms with Crippen LogP contribution in [0.15, 0.2) is 48.5 Å². The second-order valence-electron chi connectivity index (χ2n) is 4.57. The Morgan fingerprint density at radius 2 is 1.68 bits per heavy atom. The van der Waals surface area contributed by atoms with Gasteiger partial charge in [-0.25, -0.2) is 0 Å². The number of hydrogen-bond donors (Lipinski definition) is 1. The third-order valence-corrected chi connectivity index (χ3v) is 3.75. The molecule has 2 aromatic rings. The van der Waals surface area contributed by atoms with Crippen molar-refractivity contribution >= 4 is 23.2 Å². The molecule has 0 radical (unpaired) electrons. The highest BCUT2D eigenvalue weighted by Crippen LogP contribution is 2.22. The molecule has 0 amide bonds. The van der Waals surface area contributed by atoms with Gasteiger partial charge in [0.1, 0.15) is 0 Å². The average Bonchev–Trinajstić information content (AvgIpc) is 2.41. The minimum atomic E-state index is 0.251. The molecule has 0 aliphatic heterocycles. The molecule has 0 spiro atoms. The Bertz CT molecular complexity index is 523. The summed E-state index contributed by atoms with van der Waals surface area (Å²) in [5, 5.41) is 5.08. The molecule has 2 aromatic carbocycles. The first-order chi connectivity index (χ1) is 9.16. The van der Waals surface area contributed by atoms with Gasteiger partial charge in [0.2, 0.25) is 0 Å². The minimum Gasteiger partial charge on any atom is -0.310 e. The van der Waals surface area contributed by atoms with Crippen LogP contribution in [0.5, 0.6) is 0 Å². The summed E-state index contributed by atoms with van der Waals surface area (Å²) < 4.78 is 0. The van der Waals surface area contributed by atoms with Crippen molar-refractivity contribution in [2.75, 3.05) is 6.54 Å². The lowest BCUT2D eigenvalue weighted by atomic mass is 10.1. The van der Waals surface area contributed by atoms with E-state index in [0.717, 1.165) is 28.6 Å². The molecule has 0 aromatic heterocycles. The van der Waals surface area contributed by atoms with Crippen molar-refractivity contribution in [1.29, 1.82) is 0 Å². The van der Waals surface area contributed by atoms with Gasteiger partial charge in [0.25, 0.3) is 0 Å². The molecule has 1 atom stereocenters. The van der Waals surface area contributed by atoms with E-state index < -0.39 is 0 Å². The minimum absolute atomic E-state index is 0.251. The molecule has 2 rings (SSSR count). The SMILES string of the molecule is CC(NCCc1ccc(Cl)cc1)c1ccccc1Cl. The molecule has 0 saturated carbocycles. The van der Waals surface area contributed by atoms with Crippen LogP contribution in [0.25, 0.3) is 0 Å². The average molecular weight is 294 g/mol. The molecule has 19 heavy (non-hydrogen) atoms. The van der Waals surface area contributed by atoms with Gasteiger partial charge >= 0.3 is 0 Å². The van der Waals surface area contributed by atoms with E-state index in [0.29, 0.717) is 0 Å². The van der Waals surface area contributed by atoms with Crippen molar-refractivity contribution in [3.8, 4) is 0 Å². The molecule has 0 aliphatic carbocycles. The van der Waals surface area contributed by atoms with Crippen molar-refractivity contribution in [3.05, 3.63) is 69.7 Å². The van der Waals surface area contributed by atoms with E-state index >= 15 is 0 Å². The highest BCUT2D eigenvalue weighted by Gasteiger charge is 2.07. The molecule has 1 nitrogen and oxygen atoms in total. The van der Waals surface area contributed by atoms with Crippen LogP contribution in [0.4, 0.5) is 0 Å². The zero-order valence-corrected chi connectivity index (χ0v) is 12.4. The van der Waals surface area contributed by atoms with E-state index in [2.05, 4.69) is 30.4 Å². The Labute approximate surface area is 124 Å². The molecule has 100 valence electrons. The Morgan fingerprint density at radius 1 is 1.00 bits per heavy atom. The van der Waals surface area contributed by atoms with Gasteiger partial charge in [0, 0.05) is 16.1 Å². The van der Waals surface area contributed by atoms with Gasteiger partial charge in [-0.3, -0.25) is 0 Å². The smallest absolute Gasteiger partial charge is 0.0453 e. The Hall–Kier alpha value is -1.02. The van der Waals surface area contributed by atoms with Crippen molar-refractivity contribution < 1.29 is 0 Å². The predicted octanol–water partition coefficient (Wildman–Crippen LogP) is 4.89. The number of nitrogens with one attached hydrogen (secondary N) is 1. The summed E-state index contributed by atoms with van der Waals surface area (Å²) in [7, 11) is 0. The predicted molar refractivity (Wildman–Crippen MR) is 83.0 cm³/mol. The summed E-state index contributed by atoms with van der Waals surface area (Å²) in [5.41, 5.74) is 2.42. The van der Waals surface area contributed by atoms with Gasteiger partial charge in [0.05, 0.1) is 0 Å². The first kappa shape index (κ1) is 14.4. The van der Waals surface area contributed by atoms with Gasteiger partial charge in [0.15, 0.2) is 0 Å². The zero-order chi connectivity index (χ0) is 13.7. The van der Waals surface area contributed by atoms with Gasteiger partial charge < -0.3 is 5.32 Å². The Balaban J connectivity index is 1.86. The van der Waals surface area contributed by atoms with Crippen LogP contribution in [0.2, 0.25) is 10.0 Å². The summed E-state index contributed by atoms with van der Waals surface area (Å²) in [6.07, 6.45) is 0.978. The molecule has 1 unspecified atom stereocenters. The fraction of sp³-hybridized carbons (Fsp3) is 0.250. The summed E-state index contributed by atoms with van der Waals surface area (Å²) in [4.78, 5) is 0. The van der Waals surface area contributed by atoms with E-state index in [1.165, 1.54) is 5.56 Å². The van der Waals surface area contributed by atoms with Gasteiger partial charge in [-0.2, -0.15) is 0 Å². The standard InChI is InChI=1S/C16H17Cl2N/c1-12(15-4-2-3-5-16(15)18)19-11-10-13-6-8-14(17)9-7-13/h2-9,12,19H,10-11H2,1H3. The zero-order valence-electron chi connectivity index (χ0n) is 10.9. The monoisotopic (exact) mass is 293 g/mol. The normalized spacial score (nSPS) is 12.4. The third-order valence-electron chi connectivity index (χ3n) is 3.15. The molecule has 0 fully saturated rings.